The summed E-state index contributed by atoms with van der Waals surface area (Å²) < 4.78 is 0. The van der Waals surface area contributed by atoms with Gasteiger partial charge in [0.15, 0.2) is 0 Å². The summed E-state index contributed by atoms with van der Waals surface area (Å²) in [7, 11) is 0. The van der Waals surface area contributed by atoms with Crippen LogP contribution in [-0.4, -0.2) is 41.0 Å². The van der Waals surface area contributed by atoms with Crippen molar-refractivity contribution in [3.63, 3.8) is 0 Å². The molecule has 2 aliphatic rings. The Hall–Kier alpha value is -1.88. The SMILES string of the molecule is O=C(O)CC(NC(=O)C1CCN(Cc2ccccc2)C1)C1CCCC1. The number of likely N-dealkylation sites (tertiary alicyclic amines) is 1. The Labute approximate surface area is 149 Å². The van der Waals surface area contributed by atoms with Crippen LogP contribution in [0.5, 0.6) is 0 Å². The molecule has 3 rings (SSSR count). The molecule has 2 atom stereocenters. The summed E-state index contributed by atoms with van der Waals surface area (Å²) in [6.07, 6.45) is 5.24. The van der Waals surface area contributed by atoms with Crippen LogP contribution in [0.25, 0.3) is 0 Å². The Bertz CT molecular complexity index is 584. The zero-order chi connectivity index (χ0) is 17.6. The second-order valence-electron chi connectivity index (χ2n) is 7.46. The van der Waals surface area contributed by atoms with Crippen molar-refractivity contribution in [2.24, 2.45) is 11.8 Å². The lowest BCUT2D eigenvalue weighted by molar-refractivity contribution is -0.138. The van der Waals surface area contributed by atoms with Crippen molar-refractivity contribution in [1.29, 1.82) is 0 Å². The standard InChI is InChI=1S/C20H28N2O3/c23-19(24)12-18(16-8-4-5-9-16)21-20(25)17-10-11-22(14-17)13-15-6-2-1-3-7-15/h1-3,6-7,16-18H,4-5,8-14H2,(H,21,25)(H,23,24). The normalized spacial score (nSPS) is 22.8. The van der Waals surface area contributed by atoms with Gasteiger partial charge in [-0.3, -0.25) is 14.5 Å². The zero-order valence-electron chi connectivity index (χ0n) is 14.7. The third kappa shape index (κ3) is 5.05. The molecule has 1 aliphatic carbocycles. The van der Waals surface area contributed by atoms with E-state index in [0.29, 0.717) is 5.92 Å². The molecule has 1 aromatic rings. The smallest absolute Gasteiger partial charge is 0.305 e. The summed E-state index contributed by atoms with van der Waals surface area (Å²) in [6, 6.07) is 10.1. The van der Waals surface area contributed by atoms with E-state index in [0.717, 1.165) is 51.7 Å². The predicted molar refractivity (Wildman–Crippen MR) is 96.0 cm³/mol. The van der Waals surface area contributed by atoms with E-state index in [-0.39, 0.29) is 24.3 Å². The van der Waals surface area contributed by atoms with E-state index in [2.05, 4.69) is 22.3 Å². The first-order valence-corrected chi connectivity index (χ1v) is 9.40. The lowest BCUT2D eigenvalue weighted by atomic mass is 9.94. The Morgan fingerprint density at radius 1 is 1.16 bits per heavy atom. The first-order chi connectivity index (χ1) is 12.1. The van der Waals surface area contributed by atoms with E-state index in [4.69, 9.17) is 5.11 Å². The fourth-order valence-corrected chi connectivity index (χ4v) is 4.22. The molecule has 0 radical (unpaired) electrons. The number of carbonyl (C=O) groups is 2. The van der Waals surface area contributed by atoms with Crippen LogP contribution in [-0.2, 0) is 16.1 Å². The molecule has 0 spiro atoms. The van der Waals surface area contributed by atoms with Gasteiger partial charge in [0.2, 0.25) is 5.91 Å². The highest BCUT2D eigenvalue weighted by Crippen LogP contribution is 2.29. The largest absolute Gasteiger partial charge is 0.481 e. The lowest BCUT2D eigenvalue weighted by Gasteiger charge is -2.25. The highest BCUT2D eigenvalue weighted by molar-refractivity contribution is 5.80. The molecular formula is C20H28N2O3. The number of carbonyl (C=O) groups excluding carboxylic acids is 1. The molecule has 1 aliphatic heterocycles. The van der Waals surface area contributed by atoms with Crippen LogP contribution in [0.2, 0.25) is 0 Å². The fraction of sp³-hybridized carbons (Fsp3) is 0.600. The Balaban J connectivity index is 1.52. The van der Waals surface area contributed by atoms with Crippen molar-refractivity contribution in [3.05, 3.63) is 35.9 Å². The number of benzene rings is 1. The van der Waals surface area contributed by atoms with Crippen molar-refractivity contribution >= 4 is 11.9 Å². The topological polar surface area (TPSA) is 69.6 Å². The Morgan fingerprint density at radius 3 is 2.56 bits per heavy atom. The van der Waals surface area contributed by atoms with Gasteiger partial charge in [-0.1, -0.05) is 43.2 Å². The van der Waals surface area contributed by atoms with Crippen molar-refractivity contribution in [2.75, 3.05) is 13.1 Å². The molecule has 1 saturated carbocycles. The van der Waals surface area contributed by atoms with Crippen molar-refractivity contribution in [3.8, 4) is 0 Å². The van der Waals surface area contributed by atoms with Crippen LogP contribution in [0, 0.1) is 11.8 Å². The number of carboxylic acid groups (broad SMARTS) is 1. The summed E-state index contributed by atoms with van der Waals surface area (Å²) in [5, 5.41) is 12.2. The first-order valence-electron chi connectivity index (χ1n) is 9.40. The predicted octanol–water partition coefficient (Wildman–Crippen LogP) is 2.66. The fourth-order valence-electron chi connectivity index (χ4n) is 4.22. The molecule has 136 valence electrons. The van der Waals surface area contributed by atoms with E-state index < -0.39 is 5.97 Å². The van der Waals surface area contributed by atoms with Crippen LogP contribution in [0.3, 0.4) is 0 Å². The molecule has 1 amide bonds. The average Bonchev–Trinajstić information content (AvgIpc) is 3.26. The van der Waals surface area contributed by atoms with Crippen LogP contribution >= 0.6 is 0 Å². The average molecular weight is 344 g/mol. The number of nitrogens with zero attached hydrogens (tertiary/aromatic N) is 1. The van der Waals surface area contributed by atoms with Gasteiger partial charge in [0, 0.05) is 19.1 Å². The zero-order valence-corrected chi connectivity index (χ0v) is 14.7. The highest BCUT2D eigenvalue weighted by Gasteiger charge is 2.33. The van der Waals surface area contributed by atoms with Crippen LogP contribution in [0.1, 0.15) is 44.1 Å². The van der Waals surface area contributed by atoms with Gasteiger partial charge in [-0.25, -0.2) is 0 Å². The molecule has 0 aromatic heterocycles. The molecule has 0 bridgehead atoms. The minimum atomic E-state index is -0.825. The second kappa shape index (κ2) is 8.48. The molecule has 2 N–H and O–H groups in total. The molecule has 2 unspecified atom stereocenters. The molecule has 25 heavy (non-hydrogen) atoms. The van der Waals surface area contributed by atoms with E-state index in [9.17, 15) is 9.59 Å². The van der Waals surface area contributed by atoms with E-state index >= 15 is 0 Å². The monoisotopic (exact) mass is 344 g/mol. The molecule has 1 saturated heterocycles. The molecular weight excluding hydrogens is 316 g/mol. The molecule has 1 heterocycles. The van der Waals surface area contributed by atoms with Gasteiger partial charge in [-0.2, -0.15) is 0 Å². The maximum Gasteiger partial charge on any atom is 0.305 e. The van der Waals surface area contributed by atoms with Crippen molar-refractivity contribution in [1.82, 2.24) is 10.2 Å². The molecule has 5 nitrogen and oxygen atoms in total. The maximum atomic E-state index is 12.7. The van der Waals surface area contributed by atoms with Crippen molar-refractivity contribution in [2.45, 2.75) is 51.1 Å². The van der Waals surface area contributed by atoms with Gasteiger partial charge in [-0.15, -0.1) is 0 Å². The van der Waals surface area contributed by atoms with E-state index in [1.165, 1.54) is 5.56 Å². The molecule has 5 heteroatoms. The maximum absolute atomic E-state index is 12.7. The lowest BCUT2D eigenvalue weighted by Crippen LogP contribution is -2.44. The highest BCUT2D eigenvalue weighted by atomic mass is 16.4. The number of carboxylic acids is 1. The number of aliphatic carboxylic acids is 1. The second-order valence-corrected chi connectivity index (χ2v) is 7.46. The minimum absolute atomic E-state index is 0.0265. The van der Waals surface area contributed by atoms with Gasteiger partial charge < -0.3 is 10.4 Å². The van der Waals surface area contributed by atoms with Gasteiger partial charge in [0.05, 0.1) is 12.3 Å². The van der Waals surface area contributed by atoms with Crippen LogP contribution < -0.4 is 5.32 Å². The van der Waals surface area contributed by atoms with Crippen LogP contribution in [0.15, 0.2) is 30.3 Å². The Kier molecular flexibility index (Phi) is 6.08. The number of amides is 1. The summed E-state index contributed by atoms with van der Waals surface area (Å²) in [5.74, 6) is -0.494. The summed E-state index contributed by atoms with van der Waals surface area (Å²) >= 11 is 0. The van der Waals surface area contributed by atoms with E-state index in [1.54, 1.807) is 0 Å². The minimum Gasteiger partial charge on any atom is -0.481 e. The van der Waals surface area contributed by atoms with Gasteiger partial charge in [-0.05, 0) is 37.3 Å². The summed E-state index contributed by atoms with van der Waals surface area (Å²) in [4.78, 5) is 26.1. The summed E-state index contributed by atoms with van der Waals surface area (Å²) in [5.41, 5.74) is 1.26. The number of rotatable bonds is 7. The molecule has 1 aromatic carbocycles. The van der Waals surface area contributed by atoms with Gasteiger partial charge >= 0.3 is 5.97 Å². The van der Waals surface area contributed by atoms with Crippen molar-refractivity contribution < 1.29 is 14.7 Å². The van der Waals surface area contributed by atoms with Gasteiger partial charge in [0.25, 0.3) is 0 Å². The van der Waals surface area contributed by atoms with E-state index in [1.807, 2.05) is 18.2 Å². The number of hydrogen-bond acceptors (Lipinski definition) is 3. The quantitative estimate of drug-likeness (QED) is 0.798. The first kappa shape index (κ1) is 17.9. The van der Waals surface area contributed by atoms with Gasteiger partial charge in [0.1, 0.15) is 0 Å². The molecule has 2 fully saturated rings. The Morgan fingerprint density at radius 2 is 1.88 bits per heavy atom. The summed E-state index contributed by atoms with van der Waals surface area (Å²) in [6.45, 7) is 2.54. The number of nitrogens with one attached hydrogen (secondary N) is 1. The van der Waals surface area contributed by atoms with Crippen LogP contribution in [0.4, 0.5) is 0 Å². The number of hydrogen-bond donors (Lipinski definition) is 2. The third-order valence-electron chi connectivity index (χ3n) is 5.58. The third-order valence-corrected chi connectivity index (χ3v) is 5.58.